The Morgan fingerprint density at radius 1 is 1.05 bits per heavy atom. The molecule has 1 aromatic rings. The summed E-state index contributed by atoms with van der Waals surface area (Å²) in [5.74, 6) is 0.629. The van der Waals surface area contributed by atoms with Crippen molar-refractivity contribution in [3.8, 4) is 0 Å². The van der Waals surface area contributed by atoms with Crippen LogP contribution in [-0.4, -0.2) is 43.3 Å². The Labute approximate surface area is 128 Å². The van der Waals surface area contributed by atoms with E-state index in [9.17, 15) is 0 Å². The molecule has 0 spiro atoms. The Hall–Kier alpha value is -0.900. The minimum atomic E-state index is 0.332. The maximum atomic E-state index is 5.91. The van der Waals surface area contributed by atoms with Gasteiger partial charge in [-0.1, -0.05) is 31.2 Å². The number of hydrogen-bond donors (Lipinski definition) is 1. The normalized spacial score (nSPS) is 37.2. The fourth-order valence-corrected chi connectivity index (χ4v) is 4.27. The average Bonchev–Trinajstić information content (AvgIpc) is 2.46. The molecule has 1 fully saturated rings. The molecule has 0 bridgehead atoms. The Morgan fingerprint density at radius 3 is 2.29 bits per heavy atom. The first-order valence-corrected chi connectivity index (χ1v) is 8.25. The van der Waals surface area contributed by atoms with Gasteiger partial charge in [-0.3, -0.25) is 4.90 Å². The van der Waals surface area contributed by atoms with Gasteiger partial charge < -0.3 is 10.1 Å². The first-order valence-electron chi connectivity index (χ1n) is 8.25. The molecular weight excluding hydrogens is 260 g/mol. The van der Waals surface area contributed by atoms with Gasteiger partial charge in [0.2, 0.25) is 0 Å². The van der Waals surface area contributed by atoms with Crippen LogP contribution in [-0.2, 0) is 4.74 Å². The van der Waals surface area contributed by atoms with Gasteiger partial charge in [0.25, 0.3) is 0 Å². The number of benzene rings is 1. The summed E-state index contributed by atoms with van der Waals surface area (Å²) in [6, 6.07) is 9.92. The molecule has 5 atom stereocenters. The van der Waals surface area contributed by atoms with E-state index in [1.54, 1.807) is 0 Å². The lowest BCUT2D eigenvalue weighted by Gasteiger charge is -2.47. The molecule has 0 amide bonds. The average molecular weight is 288 g/mol. The minimum Gasteiger partial charge on any atom is -0.373 e. The second-order valence-corrected chi connectivity index (χ2v) is 6.81. The third-order valence-electron chi connectivity index (χ3n) is 5.07. The molecule has 0 radical (unpaired) electrons. The lowest BCUT2D eigenvalue weighted by atomic mass is 9.77. The maximum absolute atomic E-state index is 5.91. The maximum Gasteiger partial charge on any atom is 0.0678 e. The molecule has 3 rings (SSSR count). The lowest BCUT2D eigenvalue weighted by Crippen LogP contribution is -2.55. The smallest absolute Gasteiger partial charge is 0.0678 e. The number of likely N-dealkylation sites (N-methyl/N-ethyl adjacent to an activating group) is 1. The van der Waals surface area contributed by atoms with E-state index in [2.05, 4.69) is 62.3 Å². The SMILES string of the molecule is CNC1c2ccccc2C(C)CC1N1C[C@@H](C)O[C@@H](C)C1. The fourth-order valence-electron chi connectivity index (χ4n) is 4.27. The zero-order valence-electron chi connectivity index (χ0n) is 13.7. The van der Waals surface area contributed by atoms with Crippen LogP contribution >= 0.6 is 0 Å². The zero-order chi connectivity index (χ0) is 15.0. The van der Waals surface area contributed by atoms with Gasteiger partial charge in [0.05, 0.1) is 12.2 Å². The summed E-state index contributed by atoms with van der Waals surface area (Å²) < 4.78 is 5.91. The van der Waals surface area contributed by atoms with Crippen LogP contribution in [0.5, 0.6) is 0 Å². The third-order valence-corrected chi connectivity index (χ3v) is 5.07. The number of fused-ring (bicyclic) bond motifs is 1. The van der Waals surface area contributed by atoms with Crippen molar-refractivity contribution in [3.63, 3.8) is 0 Å². The molecule has 1 aliphatic heterocycles. The number of morpholine rings is 1. The molecule has 1 N–H and O–H groups in total. The van der Waals surface area contributed by atoms with E-state index in [0.29, 0.717) is 30.2 Å². The van der Waals surface area contributed by atoms with Crippen LogP contribution in [0.25, 0.3) is 0 Å². The number of ether oxygens (including phenoxy) is 1. The highest BCUT2D eigenvalue weighted by Gasteiger charge is 2.38. The van der Waals surface area contributed by atoms with E-state index in [4.69, 9.17) is 4.74 Å². The molecule has 3 nitrogen and oxygen atoms in total. The van der Waals surface area contributed by atoms with Gasteiger partial charge in [0.15, 0.2) is 0 Å². The second kappa shape index (κ2) is 6.07. The zero-order valence-corrected chi connectivity index (χ0v) is 13.7. The van der Waals surface area contributed by atoms with Crippen LogP contribution in [0.15, 0.2) is 24.3 Å². The topological polar surface area (TPSA) is 24.5 Å². The first kappa shape index (κ1) is 15.0. The van der Waals surface area contributed by atoms with E-state index in [-0.39, 0.29) is 0 Å². The highest BCUT2D eigenvalue weighted by molar-refractivity contribution is 5.36. The van der Waals surface area contributed by atoms with Gasteiger partial charge >= 0.3 is 0 Å². The highest BCUT2D eigenvalue weighted by atomic mass is 16.5. The molecule has 116 valence electrons. The Morgan fingerprint density at radius 2 is 1.67 bits per heavy atom. The predicted molar refractivity (Wildman–Crippen MR) is 86.6 cm³/mol. The van der Waals surface area contributed by atoms with Crippen molar-refractivity contribution in [1.29, 1.82) is 0 Å². The minimum absolute atomic E-state index is 0.332. The summed E-state index contributed by atoms with van der Waals surface area (Å²) in [4.78, 5) is 2.65. The molecule has 1 saturated heterocycles. The Balaban J connectivity index is 1.89. The van der Waals surface area contributed by atoms with Crippen LogP contribution < -0.4 is 5.32 Å². The molecule has 3 unspecified atom stereocenters. The third kappa shape index (κ3) is 2.87. The van der Waals surface area contributed by atoms with Gasteiger partial charge in [-0.15, -0.1) is 0 Å². The molecule has 1 aliphatic carbocycles. The Bertz CT molecular complexity index is 480. The molecule has 0 saturated carbocycles. The molecule has 1 aromatic carbocycles. The van der Waals surface area contributed by atoms with Crippen molar-refractivity contribution in [3.05, 3.63) is 35.4 Å². The fraction of sp³-hybridized carbons (Fsp3) is 0.667. The van der Waals surface area contributed by atoms with Crippen molar-refractivity contribution < 1.29 is 4.74 Å². The molecule has 0 aromatic heterocycles. The van der Waals surface area contributed by atoms with E-state index < -0.39 is 0 Å². The van der Waals surface area contributed by atoms with Crippen LogP contribution in [0.1, 0.15) is 50.3 Å². The molecule has 21 heavy (non-hydrogen) atoms. The monoisotopic (exact) mass is 288 g/mol. The van der Waals surface area contributed by atoms with Gasteiger partial charge in [-0.25, -0.2) is 0 Å². The van der Waals surface area contributed by atoms with Gasteiger partial charge in [-0.2, -0.15) is 0 Å². The van der Waals surface area contributed by atoms with E-state index in [1.165, 1.54) is 17.5 Å². The van der Waals surface area contributed by atoms with Crippen LogP contribution in [0.3, 0.4) is 0 Å². The number of rotatable bonds is 2. The predicted octanol–water partition coefficient (Wildman–Crippen LogP) is 2.93. The lowest BCUT2D eigenvalue weighted by molar-refractivity contribution is -0.0868. The highest BCUT2D eigenvalue weighted by Crippen LogP contribution is 2.40. The summed E-state index contributed by atoms with van der Waals surface area (Å²) in [5, 5.41) is 3.58. The van der Waals surface area contributed by atoms with E-state index in [0.717, 1.165) is 13.1 Å². The molecule has 3 heteroatoms. The standard InChI is InChI=1S/C18H28N2O/c1-12-9-17(20-10-13(2)21-14(3)11-20)18(19-4)16-8-6-5-7-15(12)16/h5-8,12-14,17-19H,9-11H2,1-4H3/t12?,13-,14+,17?,18?. The largest absolute Gasteiger partial charge is 0.373 e. The summed E-state index contributed by atoms with van der Waals surface area (Å²) in [5.41, 5.74) is 3.00. The first-order chi connectivity index (χ1) is 10.1. The molecular formula is C18H28N2O. The van der Waals surface area contributed by atoms with Crippen molar-refractivity contribution >= 4 is 0 Å². The van der Waals surface area contributed by atoms with Crippen molar-refractivity contribution in [1.82, 2.24) is 10.2 Å². The molecule has 1 heterocycles. The summed E-state index contributed by atoms with van der Waals surface area (Å²) >= 11 is 0. The van der Waals surface area contributed by atoms with Crippen LogP contribution in [0.4, 0.5) is 0 Å². The quantitative estimate of drug-likeness (QED) is 0.905. The number of hydrogen-bond acceptors (Lipinski definition) is 3. The summed E-state index contributed by atoms with van der Waals surface area (Å²) in [6.45, 7) is 8.84. The summed E-state index contributed by atoms with van der Waals surface area (Å²) in [6.07, 6.45) is 1.89. The van der Waals surface area contributed by atoms with E-state index >= 15 is 0 Å². The van der Waals surface area contributed by atoms with Crippen LogP contribution in [0.2, 0.25) is 0 Å². The Kier molecular flexibility index (Phi) is 4.34. The second-order valence-electron chi connectivity index (χ2n) is 6.81. The summed E-state index contributed by atoms with van der Waals surface area (Å²) in [7, 11) is 2.09. The van der Waals surface area contributed by atoms with Crippen molar-refractivity contribution in [2.45, 2.75) is 57.4 Å². The van der Waals surface area contributed by atoms with E-state index in [1.807, 2.05) is 0 Å². The van der Waals surface area contributed by atoms with Crippen molar-refractivity contribution in [2.24, 2.45) is 0 Å². The van der Waals surface area contributed by atoms with Gasteiger partial charge in [0.1, 0.15) is 0 Å². The van der Waals surface area contributed by atoms with Gasteiger partial charge in [0, 0.05) is 25.2 Å². The molecule has 2 aliphatic rings. The van der Waals surface area contributed by atoms with Gasteiger partial charge in [-0.05, 0) is 44.4 Å². The number of nitrogens with zero attached hydrogens (tertiary/aromatic N) is 1. The van der Waals surface area contributed by atoms with Crippen LogP contribution in [0, 0.1) is 0 Å². The van der Waals surface area contributed by atoms with Crippen molar-refractivity contribution in [2.75, 3.05) is 20.1 Å². The number of nitrogens with one attached hydrogen (secondary N) is 1.